The SMILES string of the molecule is c1ccc(-c2nc(N3CCCC3)cn2-c2ccccc2)cc1. The monoisotopic (exact) mass is 289 g/mol. The molecule has 0 N–H and O–H groups in total. The van der Waals surface area contributed by atoms with Crippen LogP contribution in [0.25, 0.3) is 17.1 Å². The fourth-order valence-electron chi connectivity index (χ4n) is 3.04. The first kappa shape index (κ1) is 13.1. The summed E-state index contributed by atoms with van der Waals surface area (Å²) in [4.78, 5) is 7.31. The fourth-order valence-corrected chi connectivity index (χ4v) is 3.04. The molecule has 110 valence electrons. The summed E-state index contributed by atoms with van der Waals surface area (Å²) in [5, 5.41) is 0. The molecule has 2 aromatic carbocycles. The van der Waals surface area contributed by atoms with E-state index in [9.17, 15) is 0 Å². The molecule has 1 aliphatic heterocycles. The first-order valence-electron chi connectivity index (χ1n) is 7.87. The summed E-state index contributed by atoms with van der Waals surface area (Å²) in [6.45, 7) is 2.22. The summed E-state index contributed by atoms with van der Waals surface area (Å²) in [5.41, 5.74) is 2.30. The van der Waals surface area contributed by atoms with Gasteiger partial charge in [0, 0.05) is 24.3 Å². The Kier molecular flexibility index (Phi) is 3.39. The average Bonchev–Trinajstić information content (AvgIpc) is 3.26. The number of imidazole rings is 1. The predicted molar refractivity (Wildman–Crippen MR) is 90.4 cm³/mol. The van der Waals surface area contributed by atoms with Crippen molar-refractivity contribution in [3.8, 4) is 17.1 Å². The summed E-state index contributed by atoms with van der Waals surface area (Å²) < 4.78 is 2.20. The Morgan fingerprint density at radius 3 is 2.09 bits per heavy atom. The number of hydrogen-bond acceptors (Lipinski definition) is 2. The highest BCUT2D eigenvalue weighted by molar-refractivity contribution is 5.62. The van der Waals surface area contributed by atoms with E-state index in [4.69, 9.17) is 4.98 Å². The molecule has 3 heteroatoms. The van der Waals surface area contributed by atoms with E-state index in [0.717, 1.165) is 36.0 Å². The normalized spacial score (nSPS) is 14.5. The van der Waals surface area contributed by atoms with Crippen LogP contribution in [0, 0.1) is 0 Å². The average molecular weight is 289 g/mol. The molecule has 0 bridgehead atoms. The Labute approximate surface area is 130 Å². The first-order chi connectivity index (χ1) is 10.9. The van der Waals surface area contributed by atoms with Crippen LogP contribution in [0.3, 0.4) is 0 Å². The first-order valence-corrected chi connectivity index (χ1v) is 7.87. The third-order valence-electron chi connectivity index (χ3n) is 4.19. The molecule has 0 atom stereocenters. The van der Waals surface area contributed by atoms with Crippen molar-refractivity contribution in [3.63, 3.8) is 0 Å². The number of anilines is 1. The minimum atomic E-state index is 1.01. The van der Waals surface area contributed by atoms with Gasteiger partial charge in [0.1, 0.15) is 11.6 Å². The van der Waals surface area contributed by atoms with Crippen LogP contribution in [-0.4, -0.2) is 22.6 Å². The molecule has 0 saturated carbocycles. The van der Waals surface area contributed by atoms with E-state index in [-0.39, 0.29) is 0 Å². The Morgan fingerprint density at radius 1 is 0.773 bits per heavy atom. The van der Waals surface area contributed by atoms with E-state index in [2.05, 4.69) is 64.2 Å². The molecule has 3 nitrogen and oxygen atoms in total. The Hall–Kier alpha value is -2.55. The highest BCUT2D eigenvalue weighted by atomic mass is 15.2. The topological polar surface area (TPSA) is 21.1 Å². The maximum Gasteiger partial charge on any atom is 0.147 e. The molecular formula is C19H19N3. The number of hydrogen-bond donors (Lipinski definition) is 0. The fraction of sp³-hybridized carbons (Fsp3) is 0.211. The van der Waals surface area contributed by atoms with Crippen molar-refractivity contribution in [2.24, 2.45) is 0 Å². The van der Waals surface area contributed by atoms with Gasteiger partial charge in [-0.05, 0) is 25.0 Å². The second kappa shape index (κ2) is 5.68. The lowest BCUT2D eigenvalue weighted by Gasteiger charge is -2.12. The molecular weight excluding hydrogens is 270 g/mol. The minimum Gasteiger partial charge on any atom is -0.355 e. The summed E-state index contributed by atoms with van der Waals surface area (Å²) in [5.74, 6) is 2.09. The van der Waals surface area contributed by atoms with Crippen molar-refractivity contribution in [2.75, 3.05) is 18.0 Å². The molecule has 4 rings (SSSR count). The van der Waals surface area contributed by atoms with Gasteiger partial charge in [-0.1, -0.05) is 48.5 Å². The zero-order chi connectivity index (χ0) is 14.8. The molecule has 1 saturated heterocycles. The van der Waals surface area contributed by atoms with Gasteiger partial charge in [-0.3, -0.25) is 4.57 Å². The molecule has 0 spiro atoms. The van der Waals surface area contributed by atoms with Crippen LogP contribution in [0.5, 0.6) is 0 Å². The van der Waals surface area contributed by atoms with Crippen molar-refractivity contribution in [2.45, 2.75) is 12.8 Å². The number of benzene rings is 2. The number of rotatable bonds is 3. The molecule has 0 amide bonds. The number of para-hydroxylation sites is 1. The Bertz CT molecular complexity index is 684. The highest BCUT2D eigenvalue weighted by Crippen LogP contribution is 2.28. The third kappa shape index (κ3) is 2.39. The van der Waals surface area contributed by atoms with E-state index >= 15 is 0 Å². The Morgan fingerprint density at radius 2 is 1.41 bits per heavy atom. The molecule has 0 radical (unpaired) electrons. The standard InChI is InChI=1S/C19H19N3/c1-3-9-16(10-4-1)19-20-18(21-13-7-8-14-21)15-22(19)17-11-5-2-6-12-17/h1-6,9-12,15H,7-8,13-14H2. The molecule has 22 heavy (non-hydrogen) atoms. The van der Waals surface area contributed by atoms with Gasteiger partial charge in [-0.2, -0.15) is 0 Å². The van der Waals surface area contributed by atoms with Gasteiger partial charge in [0.05, 0.1) is 6.20 Å². The van der Waals surface area contributed by atoms with Gasteiger partial charge in [0.25, 0.3) is 0 Å². The van der Waals surface area contributed by atoms with Crippen molar-refractivity contribution in [3.05, 3.63) is 66.9 Å². The van der Waals surface area contributed by atoms with Gasteiger partial charge in [-0.25, -0.2) is 4.98 Å². The molecule has 1 aromatic heterocycles. The van der Waals surface area contributed by atoms with E-state index in [0.29, 0.717) is 0 Å². The quantitative estimate of drug-likeness (QED) is 0.722. The number of nitrogens with zero attached hydrogens (tertiary/aromatic N) is 3. The van der Waals surface area contributed by atoms with Gasteiger partial charge in [-0.15, -0.1) is 0 Å². The molecule has 3 aromatic rings. The zero-order valence-corrected chi connectivity index (χ0v) is 12.5. The smallest absolute Gasteiger partial charge is 0.147 e. The van der Waals surface area contributed by atoms with Crippen molar-refractivity contribution >= 4 is 5.82 Å². The van der Waals surface area contributed by atoms with Crippen LogP contribution < -0.4 is 4.90 Å². The zero-order valence-electron chi connectivity index (χ0n) is 12.5. The second-order valence-corrected chi connectivity index (χ2v) is 5.69. The van der Waals surface area contributed by atoms with Crippen LogP contribution in [0.1, 0.15) is 12.8 Å². The summed E-state index contributed by atoms with van der Waals surface area (Å²) in [7, 11) is 0. The van der Waals surface area contributed by atoms with Crippen molar-refractivity contribution in [1.82, 2.24) is 9.55 Å². The van der Waals surface area contributed by atoms with E-state index in [1.165, 1.54) is 12.8 Å². The van der Waals surface area contributed by atoms with Crippen LogP contribution in [0.15, 0.2) is 66.9 Å². The molecule has 0 unspecified atom stereocenters. The minimum absolute atomic E-state index is 1.01. The summed E-state index contributed by atoms with van der Waals surface area (Å²) in [6.07, 6.45) is 4.70. The summed E-state index contributed by atoms with van der Waals surface area (Å²) in [6, 6.07) is 20.8. The second-order valence-electron chi connectivity index (χ2n) is 5.69. The van der Waals surface area contributed by atoms with Gasteiger partial charge in [0.2, 0.25) is 0 Å². The maximum atomic E-state index is 4.93. The van der Waals surface area contributed by atoms with E-state index < -0.39 is 0 Å². The summed E-state index contributed by atoms with van der Waals surface area (Å²) >= 11 is 0. The lowest BCUT2D eigenvalue weighted by molar-refractivity contribution is 0.946. The van der Waals surface area contributed by atoms with Crippen molar-refractivity contribution in [1.29, 1.82) is 0 Å². The highest BCUT2D eigenvalue weighted by Gasteiger charge is 2.18. The molecule has 2 heterocycles. The van der Waals surface area contributed by atoms with E-state index in [1.54, 1.807) is 0 Å². The van der Waals surface area contributed by atoms with E-state index in [1.807, 2.05) is 12.1 Å². The maximum absolute atomic E-state index is 4.93. The lowest BCUT2D eigenvalue weighted by Crippen LogP contribution is -2.17. The van der Waals surface area contributed by atoms with Crippen LogP contribution in [0.2, 0.25) is 0 Å². The van der Waals surface area contributed by atoms with Crippen LogP contribution >= 0.6 is 0 Å². The third-order valence-corrected chi connectivity index (χ3v) is 4.19. The number of aromatic nitrogens is 2. The van der Waals surface area contributed by atoms with Crippen molar-refractivity contribution < 1.29 is 0 Å². The lowest BCUT2D eigenvalue weighted by atomic mass is 10.2. The van der Waals surface area contributed by atoms with Gasteiger partial charge >= 0.3 is 0 Å². The molecule has 1 aliphatic rings. The largest absolute Gasteiger partial charge is 0.355 e. The molecule has 0 aliphatic carbocycles. The predicted octanol–water partition coefficient (Wildman–Crippen LogP) is 4.14. The van der Waals surface area contributed by atoms with Gasteiger partial charge < -0.3 is 4.90 Å². The van der Waals surface area contributed by atoms with Crippen LogP contribution in [0.4, 0.5) is 5.82 Å². The van der Waals surface area contributed by atoms with Crippen LogP contribution in [-0.2, 0) is 0 Å². The Balaban J connectivity index is 1.84. The molecule has 1 fully saturated rings. The van der Waals surface area contributed by atoms with Gasteiger partial charge in [0.15, 0.2) is 0 Å².